The van der Waals surface area contributed by atoms with Crippen molar-refractivity contribution in [2.45, 2.75) is 25.3 Å². The summed E-state index contributed by atoms with van der Waals surface area (Å²) in [7, 11) is 3.19. The summed E-state index contributed by atoms with van der Waals surface area (Å²) in [6.45, 7) is 0. The molecule has 1 rings (SSSR count). The third-order valence-electron chi connectivity index (χ3n) is 2.76. The summed E-state index contributed by atoms with van der Waals surface area (Å²) < 4.78 is 10.4. The number of methoxy groups -OCH3 is 2. The van der Waals surface area contributed by atoms with Crippen LogP contribution in [-0.2, 0) is 11.2 Å². The van der Waals surface area contributed by atoms with E-state index in [1.165, 1.54) is 0 Å². The van der Waals surface area contributed by atoms with Gasteiger partial charge in [-0.25, -0.2) is 0 Å². The molecule has 1 aromatic rings. The van der Waals surface area contributed by atoms with E-state index in [-0.39, 0.29) is 12.5 Å². The highest BCUT2D eigenvalue weighted by atomic mass is 16.5. The summed E-state index contributed by atoms with van der Waals surface area (Å²) >= 11 is 0. The van der Waals surface area contributed by atoms with Crippen molar-refractivity contribution in [2.24, 2.45) is 0 Å². The first-order valence-electron chi connectivity index (χ1n) is 5.80. The van der Waals surface area contributed by atoms with Crippen LogP contribution in [0.5, 0.6) is 11.5 Å². The zero-order chi connectivity index (χ0) is 13.5. The van der Waals surface area contributed by atoms with Gasteiger partial charge in [0.1, 0.15) is 11.5 Å². The molecule has 0 aliphatic carbocycles. The molecule has 0 heterocycles. The van der Waals surface area contributed by atoms with Crippen LogP contribution in [0.15, 0.2) is 18.2 Å². The molecule has 1 atom stereocenters. The van der Waals surface area contributed by atoms with Crippen LogP contribution in [0.1, 0.15) is 18.4 Å². The third-order valence-corrected chi connectivity index (χ3v) is 2.76. The number of hydrogen-bond donors (Lipinski definition) is 1. The van der Waals surface area contributed by atoms with E-state index in [9.17, 15) is 9.90 Å². The lowest BCUT2D eigenvalue weighted by molar-refractivity contribution is -0.421. The molecule has 0 aliphatic heterocycles. The first-order chi connectivity index (χ1) is 8.56. The predicted octanol–water partition coefficient (Wildman–Crippen LogP) is -0.613. The van der Waals surface area contributed by atoms with E-state index in [1.54, 1.807) is 20.3 Å². The zero-order valence-corrected chi connectivity index (χ0v) is 10.8. The Morgan fingerprint density at radius 3 is 2.67 bits per heavy atom. The van der Waals surface area contributed by atoms with Gasteiger partial charge in [0.15, 0.2) is 0 Å². The highest BCUT2D eigenvalue weighted by molar-refractivity contribution is 5.64. The van der Waals surface area contributed by atoms with Crippen molar-refractivity contribution in [3.8, 4) is 11.5 Å². The molecule has 0 radical (unpaired) electrons. The van der Waals surface area contributed by atoms with Crippen molar-refractivity contribution < 1.29 is 25.1 Å². The minimum absolute atomic E-state index is 0.0187. The lowest BCUT2D eigenvalue weighted by Gasteiger charge is -2.13. The van der Waals surface area contributed by atoms with Crippen LogP contribution in [-0.4, -0.2) is 26.2 Å². The molecule has 0 saturated heterocycles. The molecule has 18 heavy (non-hydrogen) atoms. The maximum Gasteiger partial charge on any atom is 0.125 e. The average molecular weight is 253 g/mol. The summed E-state index contributed by atoms with van der Waals surface area (Å²) in [5, 5.41) is 10.4. The van der Waals surface area contributed by atoms with E-state index < -0.39 is 5.97 Å². The molecule has 0 saturated carbocycles. The number of carbonyl (C=O) groups is 1. The SMILES string of the molecule is COc1ccc(C[C@@H]([NH3+])CCC(=O)[O-])c(OC)c1. The normalized spacial score (nSPS) is 11.9. The average Bonchev–Trinajstić information content (AvgIpc) is 2.36. The van der Waals surface area contributed by atoms with Gasteiger partial charge in [-0.3, -0.25) is 0 Å². The molecule has 0 bridgehead atoms. The molecule has 0 aliphatic rings. The molecular formula is C13H19NO4. The Morgan fingerprint density at radius 2 is 2.11 bits per heavy atom. The number of quaternary nitrogens is 1. The van der Waals surface area contributed by atoms with Gasteiger partial charge in [-0.2, -0.15) is 0 Å². The van der Waals surface area contributed by atoms with Crippen LogP contribution in [0, 0.1) is 0 Å². The van der Waals surface area contributed by atoms with E-state index in [4.69, 9.17) is 9.47 Å². The summed E-state index contributed by atoms with van der Waals surface area (Å²) in [6, 6.07) is 5.59. The second kappa shape index (κ2) is 6.86. The van der Waals surface area contributed by atoms with E-state index in [1.807, 2.05) is 12.1 Å². The van der Waals surface area contributed by atoms with Crippen molar-refractivity contribution in [2.75, 3.05) is 14.2 Å². The van der Waals surface area contributed by atoms with Crippen molar-refractivity contribution in [1.82, 2.24) is 0 Å². The molecule has 0 aromatic heterocycles. The maximum atomic E-state index is 10.4. The molecule has 0 spiro atoms. The van der Waals surface area contributed by atoms with Crippen molar-refractivity contribution in [3.05, 3.63) is 23.8 Å². The number of hydrogen-bond acceptors (Lipinski definition) is 4. The molecular weight excluding hydrogens is 234 g/mol. The fourth-order valence-electron chi connectivity index (χ4n) is 1.76. The smallest absolute Gasteiger partial charge is 0.125 e. The van der Waals surface area contributed by atoms with Crippen LogP contribution in [0.25, 0.3) is 0 Å². The lowest BCUT2D eigenvalue weighted by Crippen LogP contribution is -2.62. The standard InChI is InChI=1S/C13H19NO4/c1-17-11-5-3-9(12(8-11)18-2)7-10(14)4-6-13(15)16/h3,5,8,10H,4,6-7,14H2,1-2H3,(H,15,16)/t10-/m0/s1. The van der Waals surface area contributed by atoms with Crippen molar-refractivity contribution >= 4 is 5.97 Å². The van der Waals surface area contributed by atoms with Gasteiger partial charge < -0.3 is 25.1 Å². The fourth-order valence-corrected chi connectivity index (χ4v) is 1.76. The number of ether oxygens (including phenoxy) is 2. The van der Waals surface area contributed by atoms with Crippen molar-refractivity contribution in [3.63, 3.8) is 0 Å². The minimum atomic E-state index is -1.04. The zero-order valence-electron chi connectivity index (χ0n) is 10.8. The predicted molar refractivity (Wildman–Crippen MR) is 64.2 cm³/mol. The van der Waals surface area contributed by atoms with E-state index in [0.717, 1.165) is 17.1 Å². The molecule has 0 unspecified atom stereocenters. The summed E-state index contributed by atoms with van der Waals surface area (Å²) in [6.07, 6.45) is 1.20. The topological polar surface area (TPSA) is 86.2 Å². The molecule has 5 nitrogen and oxygen atoms in total. The molecule has 5 heteroatoms. The monoisotopic (exact) mass is 253 g/mol. The van der Waals surface area contributed by atoms with Gasteiger partial charge in [-0.15, -0.1) is 0 Å². The number of carboxylic acids is 1. The molecule has 1 aromatic carbocycles. The Bertz CT molecular complexity index is 406. The number of carboxylic acid groups (broad SMARTS) is 1. The Hall–Kier alpha value is -1.75. The van der Waals surface area contributed by atoms with Gasteiger partial charge in [0.25, 0.3) is 0 Å². The second-order valence-corrected chi connectivity index (χ2v) is 4.16. The lowest BCUT2D eigenvalue weighted by atomic mass is 10.0. The maximum absolute atomic E-state index is 10.4. The number of rotatable bonds is 7. The fraction of sp³-hybridized carbons (Fsp3) is 0.462. The van der Waals surface area contributed by atoms with E-state index in [0.29, 0.717) is 12.8 Å². The summed E-state index contributed by atoms with van der Waals surface area (Å²) in [5.74, 6) is 0.424. The van der Waals surface area contributed by atoms with Crippen molar-refractivity contribution in [1.29, 1.82) is 0 Å². The van der Waals surface area contributed by atoms with Crippen LogP contribution in [0.2, 0.25) is 0 Å². The van der Waals surface area contributed by atoms with Gasteiger partial charge in [-0.05, 0) is 12.5 Å². The van der Waals surface area contributed by atoms with Gasteiger partial charge in [0.2, 0.25) is 0 Å². The van der Waals surface area contributed by atoms with Crippen LogP contribution in [0.3, 0.4) is 0 Å². The molecule has 0 fully saturated rings. The Kier molecular flexibility index (Phi) is 5.45. The Morgan fingerprint density at radius 1 is 1.39 bits per heavy atom. The molecule has 100 valence electrons. The van der Waals surface area contributed by atoms with Crippen LogP contribution >= 0.6 is 0 Å². The first-order valence-corrected chi connectivity index (χ1v) is 5.80. The quantitative estimate of drug-likeness (QED) is 0.702. The Labute approximate surface area is 107 Å². The van der Waals surface area contributed by atoms with E-state index >= 15 is 0 Å². The number of carbonyl (C=O) groups excluding carboxylic acids is 1. The van der Waals surface area contributed by atoms with Crippen LogP contribution in [0.4, 0.5) is 0 Å². The minimum Gasteiger partial charge on any atom is -0.550 e. The first kappa shape index (κ1) is 14.3. The van der Waals surface area contributed by atoms with Crippen LogP contribution < -0.4 is 20.3 Å². The molecule has 3 N–H and O–H groups in total. The number of benzene rings is 1. The molecule has 0 amide bonds. The van der Waals surface area contributed by atoms with Gasteiger partial charge >= 0.3 is 0 Å². The Balaban J connectivity index is 2.68. The highest BCUT2D eigenvalue weighted by Crippen LogP contribution is 2.25. The summed E-state index contributed by atoms with van der Waals surface area (Å²) in [5.41, 5.74) is 4.94. The largest absolute Gasteiger partial charge is 0.550 e. The third kappa shape index (κ3) is 4.25. The van der Waals surface area contributed by atoms with Gasteiger partial charge in [0, 0.05) is 30.4 Å². The number of aliphatic carboxylic acids is 1. The van der Waals surface area contributed by atoms with E-state index in [2.05, 4.69) is 5.73 Å². The van der Waals surface area contributed by atoms with Gasteiger partial charge in [-0.1, -0.05) is 6.07 Å². The summed E-state index contributed by atoms with van der Waals surface area (Å²) in [4.78, 5) is 10.4. The highest BCUT2D eigenvalue weighted by Gasteiger charge is 2.12. The van der Waals surface area contributed by atoms with Gasteiger partial charge in [0.05, 0.1) is 20.3 Å². The second-order valence-electron chi connectivity index (χ2n) is 4.16.